The molecule has 3 fully saturated rings. The van der Waals surface area contributed by atoms with E-state index in [1.165, 1.54) is 9.80 Å². The molecule has 4 aliphatic rings. The molecule has 0 unspecified atom stereocenters. The highest BCUT2D eigenvalue weighted by atomic mass is 16.6. The molecule has 18 heteroatoms. The summed E-state index contributed by atoms with van der Waals surface area (Å²) in [7, 11) is 0. The van der Waals surface area contributed by atoms with E-state index in [0.717, 1.165) is 64.7 Å². The minimum absolute atomic E-state index is 0.00438. The normalized spacial score (nSPS) is 23.1. The highest BCUT2D eigenvalue weighted by Crippen LogP contribution is 2.32. The smallest absolute Gasteiger partial charge is 0.407 e. The van der Waals surface area contributed by atoms with Crippen molar-refractivity contribution in [3.8, 4) is 5.75 Å². The molecular formula is C64H73N9O9. The van der Waals surface area contributed by atoms with Gasteiger partial charge in [-0.3, -0.25) is 28.8 Å². The first-order valence-corrected chi connectivity index (χ1v) is 28.8. The van der Waals surface area contributed by atoms with Gasteiger partial charge < -0.3 is 56.6 Å². The van der Waals surface area contributed by atoms with E-state index in [0.29, 0.717) is 30.8 Å². The summed E-state index contributed by atoms with van der Waals surface area (Å²) in [5.41, 5.74) is 11.5. The van der Waals surface area contributed by atoms with Gasteiger partial charge in [0.05, 0.1) is 12.6 Å². The number of aromatic amines is 1. The molecule has 0 saturated carbocycles. The minimum Gasteiger partial charge on any atom is -0.489 e. The Labute approximate surface area is 477 Å². The number of hydrogen-bond donors (Lipinski definition) is 7. The number of hydrogen-bond acceptors (Lipinski definition) is 11. The minimum atomic E-state index is -1.27. The summed E-state index contributed by atoms with van der Waals surface area (Å²) >= 11 is 0. The van der Waals surface area contributed by atoms with Gasteiger partial charge in [-0.05, 0) is 103 Å². The van der Waals surface area contributed by atoms with Crippen LogP contribution in [0.4, 0.5) is 4.79 Å². The van der Waals surface area contributed by atoms with Gasteiger partial charge in [0, 0.05) is 74.8 Å². The number of rotatable bonds is 15. The maximum Gasteiger partial charge on any atom is 0.407 e. The van der Waals surface area contributed by atoms with Crippen molar-refractivity contribution < 1.29 is 43.0 Å². The summed E-state index contributed by atoms with van der Waals surface area (Å²) in [6.07, 6.45) is 2.22. The fourth-order valence-electron chi connectivity index (χ4n) is 12.0. The van der Waals surface area contributed by atoms with Crippen molar-refractivity contribution in [3.05, 3.63) is 173 Å². The number of carbonyl (C=O) groups excluding carboxylic acids is 7. The fraction of sp³-hybridized carbons (Fsp3) is 0.391. The quantitative estimate of drug-likeness (QED) is 0.0704. The number of aromatic nitrogens is 1. The van der Waals surface area contributed by atoms with E-state index in [-0.39, 0.29) is 76.4 Å². The van der Waals surface area contributed by atoms with Crippen molar-refractivity contribution in [1.82, 2.24) is 41.4 Å². The molecule has 82 heavy (non-hydrogen) atoms. The molecule has 0 spiro atoms. The molecule has 6 aromatic rings. The van der Waals surface area contributed by atoms with Gasteiger partial charge in [-0.15, -0.1) is 0 Å². The molecule has 18 nitrogen and oxygen atoms in total. The summed E-state index contributed by atoms with van der Waals surface area (Å²) in [5, 5.41) is 16.1. The first-order chi connectivity index (χ1) is 40.0. The lowest BCUT2D eigenvalue weighted by Gasteiger charge is -2.40. The Morgan fingerprint density at radius 2 is 1.33 bits per heavy atom. The van der Waals surface area contributed by atoms with Gasteiger partial charge in [-0.2, -0.15) is 0 Å². The molecule has 0 aliphatic carbocycles. The van der Waals surface area contributed by atoms with Crippen LogP contribution in [0.25, 0.3) is 10.9 Å². The van der Waals surface area contributed by atoms with Crippen molar-refractivity contribution >= 4 is 52.3 Å². The Balaban J connectivity index is 1.05. The number of ether oxygens (including phenoxy) is 2. The number of para-hydroxylation sites is 1. The molecule has 0 bridgehead atoms. The van der Waals surface area contributed by atoms with Crippen molar-refractivity contribution in [2.45, 2.75) is 114 Å². The number of amides is 6. The lowest BCUT2D eigenvalue weighted by atomic mass is 9.83. The van der Waals surface area contributed by atoms with Crippen molar-refractivity contribution in [2.24, 2.45) is 17.6 Å². The monoisotopic (exact) mass is 1110 g/mol. The topological polar surface area (TPSA) is 246 Å². The number of nitrogens with one attached hydrogen (secondary N) is 6. The number of aryl methyl sites for hydroxylation is 1. The zero-order chi connectivity index (χ0) is 57.0. The highest BCUT2D eigenvalue weighted by molar-refractivity contribution is 5.99. The van der Waals surface area contributed by atoms with E-state index in [1.54, 1.807) is 0 Å². The number of benzene rings is 5. The lowest BCUT2D eigenvalue weighted by Crippen LogP contribution is -2.61. The summed E-state index contributed by atoms with van der Waals surface area (Å²) in [4.78, 5) is 112. The van der Waals surface area contributed by atoms with Gasteiger partial charge in [0.2, 0.25) is 29.5 Å². The molecule has 0 radical (unpaired) electrons. The van der Waals surface area contributed by atoms with Gasteiger partial charge >= 0.3 is 6.09 Å². The summed E-state index contributed by atoms with van der Waals surface area (Å²) in [6, 6.07) is 35.7. The first kappa shape index (κ1) is 56.9. The van der Waals surface area contributed by atoms with Crippen LogP contribution in [-0.4, -0.2) is 125 Å². The van der Waals surface area contributed by atoms with Crippen LogP contribution in [0.2, 0.25) is 0 Å². The largest absolute Gasteiger partial charge is 0.489 e. The van der Waals surface area contributed by atoms with Gasteiger partial charge in [-0.1, -0.05) is 115 Å². The van der Waals surface area contributed by atoms with Crippen LogP contribution in [0.3, 0.4) is 0 Å². The number of nitrogens with zero attached hydrogens (tertiary/aromatic N) is 2. The van der Waals surface area contributed by atoms with E-state index >= 15 is 28.8 Å². The van der Waals surface area contributed by atoms with E-state index in [2.05, 4.69) is 31.6 Å². The van der Waals surface area contributed by atoms with E-state index < -0.39 is 77.9 Å². The second kappa shape index (κ2) is 26.9. The van der Waals surface area contributed by atoms with Crippen LogP contribution < -0.4 is 37.1 Å². The SMILES string of the molecule is NCCNC(=O)O[C@@H]1C[C@H]2C(=O)N[C@H](CCc3ccccc3)C(=O)N[C@H](Cc3c[nH]c4ccccc34)C(=O)C[C@@H](CC3CCNCC3)C(=O)N[C@@H](Cc3ccc(OCc4ccccc4)cc3)C(=O)N3Cc4ccccc4C[C@H]3C(=O)N2C1. The molecule has 428 valence electrons. The van der Waals surface area contributed by atoms with Crippen molar-refractivity contribution in [2.75, 3.05) is 32.7 Å². The average molecular weight is 1110 g/mol. The number of carbonyl (C=O) groups is 7. The van der Waals surface area contributed by atoms with Gasteiger partial charge in [0.1, 0.15) is 42.6 Å². The van der Waals surface area contributed by atoms with Gasteiger partial charge in [-0.25, -0.2) is 4.79 Å². The van der Waals surface area contributed by atoms with Crippen LogP contribution in [0.1, 0.15) is 71.9 Å². The van der Waals surface area contributed by atoms with Crippen LogP contribution in [0.5, 0.6) is 5.75 Å². The molecule has 6 amide bonds. The summed E-state index contributed by atoms with van der Waals surface area (Å²) in [6.45, 7) is 1.91. The standard InChI is InChI=1S/C64H73N9O9/c65-27-30-67-64(80)82-50-36-56-61(77)69-53(24-21-41-11-3-1-4-12-41)60(76)70-54(33-48-37-68-52-18-10-9-17-51(48)52)58(74)35-47(31-43-25-28-66-29-26-43)59(75)71-55(32-42-19-22-49(23-20-42)81-40-44-13-5-2-6-14-44)62(78)72-38-46-16-8-7-15-45(46)34-57(72)63(79)73(56)39-50/h1-20,22-23,37,43,47,50,53-57,66,68H,21,24-36,38-40,65H2,(H,67,80)(H,69,77)(H,70,76)(H,71,75)/t47-,50-,53-,54-,55+,56+,57+/m1/s1. The second-order valence-corrected chi connectivity index (χ2v) is 22.1. The highest BCUT2D eigenvalue weighted by Gasteiger charge is 2.48. The van der Waals surface area contributed by atoms with Crippen LogP contribution in [0.15, 0.2) is 140 Å². The number of piperidine rings is 1. The predicted octanol–water partition coefficient (Wildman–Crippen LogP) is 5.21. The third-order valence-electron chi connectivity index (χ3n) is 16.5. The third kappa shape index (κ3) is 14.2. The zero-order valence-corrected chi connectivity index (χ0v) is 46.1. The molecule has 8 N–H and O–H groups in total. The third-order valence-corrected chi connectivity index (χ3v) is 16.5. The van der Waals surface area contributed by atoms with E-state index in [4.69, 9.17) is 15.2 Å². The maximum atomic E-state index is 15.9. The lowest BCUT2D eigenvalue weighted by molar-refractivity contribution is -0.151. The first-order valence-electron chi connectivity index (χ1n) is 28.8. The maximum absolute atomic E-state index is 15.9. The molecule has 10 rings (SSSR count). The second-order valence-electron chi connectivity index (χ2n) is 22.1. The van der Waals surface area contributed by atoms with Crippen LogP contribution in [-0.2, 0) is 72.3 Å². The number of H-pyrrole nitrogens is 1. The number of ketones is 1. The predicted molar refractivity (Wildman–Crippen MR) is 309 cm³/mol. The summed E-state index contributed by atoms with van der Waals surface area (Å²) in [5.74, 6) is -3.51. The Kier molecular flexibility index (Phi) is 18.7. The molecular weight excluding hydrogens is 1040 g/mol. The Bertz CT molecular complexity index is 3200. The van der Waals surface area contributed by atoms with Crippen LogP contribution in [0, 0.1) is 11.8 Å². The molecule has 4 aliphatic heterocycles. The molecule has 5 aromatic carbocycles. The van der Waals surface area contributed by atoms with Crippen molar-refractivity contribution in [3.63, 3.8) is 0 Å². The molecule has 7 atom stereocenters. The Hall–Kier alpha value is -8.35. The van der Waals surface area contributed by atoms with E-state index in [9.17, 15) is 4.79 Å². The molecule has 1 aromatic heterocycles. The zero-order valence-electron chi connectivity index (χ0n) is 46.1. The fourth-order valence-corrected chi connectivity index (χ4v) is 12.0. The Morgan fingerprint density at radius 1 is 0.646 bits per heavy atom. The summed E-state index contributed by atoms with van der Waals surface area (Å²) < 4.78 is 12.0. The van der Waals surface area contributed by atoms with Crippen molar-refractivity contribution in [1.29, 1.82) is 0 Å². The number of nitrogens with two attached hydrogens (primary N) is 1. The van der Waals surface area contributed by atoms with Gasteiger partial charge in [0.25, 0.3) is 0 Å². The molecule has 3 saturated heterocycles. The Morgan fingerprint density at radius 3 is 2.09 bits per heavy atom. The van der Waals surface area contributed by atoms with E-state index in [1.807, 2.05) is 140 Å². The molecule has 5 heterocycles. The van der Waals surface area contributed by atoms with Crippen LogP contribution >= 0.6 is 0 Å². The number of Topliss-reactive ketones (excluding diaryl/α,β-unsaturated/α-hetero) is 1. The average Bonchev–Trinajstić information content (AvgIpc) is 4.30. The number of fused-ring (bicyclic) bond motifs is 4. The number of alkyl carbamates (subject to hydrolysis) is 1. The van der Waals surface area contributed by atoms with Gasteiger partial charge in [0.15, 0.2) is 5.78 Å².